The number of aliphatic hydroxyl groups is 1. The van der Waals surface area contributed by atoms with Gasteiger partial charge in [-0.25, -0.2) is 0 Å². The van der Waals surface area contributed by atoms with Crippen LogP contribution in [-0.4, -0.2) is 44.9 Å². The van der Waals surface area contributed by atoms with Crippen molar-refractivity contribution in [3.63, 3.8) is 0 Å². The number of hydrogen-bond acceptors (Lipinski definition) is 5. The molecule has 0 aromatic heterocycles. The van der Waals surface area contributed by atoms with Gasteiger partial charge in [0.25, 0.3) is 0 Å². The van der Waals surface area contributed by atoms with E-state index in [0.29, 0.717) is 0 Å². The van der Waals surface area contributed by atoms with Gasteiger partial charge in [0.1, 0.15) is 11.7 Å². The summed E-state index contributed by atoms with van der Waals surface area (Å²) in [6.45, 7) is 7.89. The predicted octanol–water partition coefficient (Wildman–Crippen LogP) is 1.53. The van der Waals surface area contributed by atoms with E-state index in [2.05, 4.69) is 0 Å². The Hall–Kier alpha value is -1.63. The van der Waals surface area contributed by atoms with Crippen molar-refractivity contribution in [3.05, 3.63) is 0 Å². The largest absolute Gasteiger partial charge is 0.481 e. The monoisotopic (exact) mass is 342 g/mol. The summed E-state index contributed by atoms with van der Waals surface area (Å²) in [4.78, 5) is 35.4. The number of fused-ring (bicyclic) bond motifs is 1. The summed E-state index contributed by atoms with van der Waals surface area (Å²) in [5.74, 6) is -5.52. The van der Waals surface area contributed by atoms with Crippen LogP contribution >= 0.6 is 0 Å². The number of carboxylic acid groups (broad SMARTS) is 2. The Labute approximate surface area is 141 Å². The molecule has 7 heteroatoms. The first-order valence-corrected chi connectivity index (χ1v) is 8.15. The molecule has 2 aliphatic rings. The molecule has 6 atom stereocenters. The van der Waals surface area contributed by atoms with Crippen LogP contribution in [0.4, 0.5) is 0 Å². The molecule has 0 radical (unpaired) electrons. The lowest BCUT2D eigenvalue weighted by Crippen LogP contribution is -2.66. The Balaban J connectivity index is 2.70. The minimum atomic E-state index is -2.01. The number of esters is 1. The minimum Gasteiger partial charge on any atom is -0.481 e. The predicted molar refractivity (Wildman–Crippen MR) is 83.0 cm³/mol. The molecule has 2 fully saturated rings. The van der Waals surface area contributed by atoms with Crippen molar-refractivity contribution < 1.29 is 34.4 Å². The molecule has 0 amide bonds. The van der Waals surface area contributed by atoms with Gasteiger partial charge < -0.3 is 20.1 Å². The first-order chi connectivity index (χ1) is 10.8. The maximum absolute atomic E-state index is 12.0. The molecule has 0 aromatic carbocycles. The summed E-state index contributed by atoms with van der Waals surface area (Å²) < 4.78 is 5.39. The van der Waals surface area contributed by atoms with Crippen LogP contribution in [0.3, 0.4) is 0 Å². The zero-order valence-corrected chi connectivity index (χ0v) is 14.7. The van der Waals surface area contributed by atoms with Crippen LogP contribution in [0.1, 0.15) is 47.5 Å². The van der Waals surface area contributed by atoms with Crippen LogP contribution in [0, 0.1) is 28.6 Å². The molecule has 0 unspecified atom stereocenters. The summed E-state index contributed by atoms with van der Waals surface area (Å²) >= 11 is 0. The van der Waals surface area contributed by atoms with E-state index in [-0.39, 0.29) is 12.8 Å². The average molecular weight is 342 g/mol. The van der Waals surface area contributed by atoms with Gasteiger partial charge in [-0.1, -0.05) is 20.8 Å². The lowest BCUT2D eigenvalue weighted by Gasteiger charge is -2.53. The second-order valence-electron chi connectivity index (χ2n) is 8.28. The van der Waals surface area contributed by atoms with Gasteiger partial charge in [0.15, 0.2) is 0 Å². The fourth-order valence-electron chi connectivity index (χ4n) is 5.51. The van der Waals surface area contributed by atoms with Gasteiger partial charge in [0, 0.05) is 12.8 Å². The van der Waals surface area contributed by atoms with Crippen molar-refractivity contribution in [3.8, 4) is 0 Å². The molecule has 0 bridgehead atoms. The molecule has 3 N–H and O–H groups in total. The minimum absolute atomic E-state index is 0.102. The highest BCUT2D eigenvalue weighted by Crippen LogP contribution is 2.66. The third kappa shape index (κ3) is 2.32. The van der Waals surface area contributed by atoms with Gasteiger partial charge in [-0.15, -0.1) is 0 Å². The van der Waals surface area contributed by atoms with Crippen LogP contribution in [0.5, 0.6) is 0 Å². The summed E-state index contributed by atoms with van der Waals surface area (Å²) in [5.41, 5.74) is -4.35. The topological polar surface area (TPSA) is 121 Å². The molecule has 7 nitrogen and oxygen atoms in total. The van der Waals surface area contributed by atoms with Crippen LogP contribution in [-0.2, 0) is 19.1 Å². The lowest BCUT2D eigenvalue weighted by atomic mass is 9.55. The number of aliphatic carboxylic acids is 2. The maximum atomic E-state index is 12.0. The zero-order valence-electron chi connectivity index (χ0n) is 14.7. The van der Waals surface area contributed by atoms with E-state index < -0.39 is 58.2 Å². The van der Waals surface area contributed by atoms with Crippen molar-refractivity contribution in [1.29, 1.82) is 0 Å². The van der Waals surface area contributed by atoms with E-state index in [9.17, 15) is 29.7 Å². The normalized spacial score (nSPS) is 43.8. The van der Waals surface area contributed by atoms with Crippen LogP contribution in [0.2, 0.25) is 0 Å². The number of carbonyl (C=O) groups excluding carboxylic acids is 1. The lowest BCUT2D eigenvalue weighted by molar-refractivity contribution is -0.222. The van der Waals surface area contributed by atoms with Crippen LogP contribution in [0.25, 0.3) is 0 Å². The number of rotatable bonds is 3. The molecule has 136 valence electrons. The van der Waals surface area contributed by atoms with E-state index in [1.165, 1.54) is 13.8 Å². The van der Waals surface area contributed by atoms with Crippen molar-refractivity contribution in [2.75, 3.05) is 0 Å². The molecule has 0 aromatic rings. The van der Waals surface area contributed by atoms with Crippen molar-refractivity contribution in [2.45, 2.75) is 59.2 Å². The molecule has 24 heavy (non-hydrogen) atoms. The molecule has 0 spiro atoms. The van der Waals surface area contributed by atoms with E-state index >= 15 is 0 Å². The average Bonchev–Trinajstić information content (AvgIpc) is 2.51. The molecular formula is C17H26O7. The molecule has 2 rings (SSSR count). The second-order valence-corrected chi connectivity index (χ2v) is 8.28. The SMILES string of the molecule is CC(=O)O[C@H]1C[C@@H](C)[C@H](C(=O)O)[C@@]2(O)[C@@H]1C(C)(C)C[C@]2(C)C(=O)O. The highest BCUT2D eigenvalue weighted by Gasteiger charge is 2.75. The first-order valence-electron chi connectivity index (χ1n) is 8.15. The fourth-order valence-corrected chi connectivity index (χ4v) is 5.51. The molecule has 0 saturated heterocycles. The van der Waals surface area contributed by atoms with Crippen LogP contribution in [0.15, 0.2) is 0 Å². The van der Waals surface area contributed by atoms with Crippen molar-refractivity contribution in [2.24, 2.45) is 28.6 Å². The number of ether oxygens (including phenoxy) is 1. The Morgan fingerprint density at radius 2 is 1.67 bits per heavy atom. The molecular weight excluding hydrogens is 316 g/mol. The van der Waals surface area contributed by atoms with Gasteiger partial charge in [0.05, 0.1) is 11.3 Å². The Bertz CT molecular complexity index is 583. The Morgan fingerprint density at radius 3 is 2.08 bits per heavy atom. The van der Waals surface area contributed by atoms with Crippen molar-refractivity contribution in [1.82, 2.24) is 0 Å². The zero-order chi connectivity index (χ0) is 18.7. The van der Waals surface area contributed by atoms with Gasteiger partial charge >= 0.3 is 17.9 Å². The Morgan fingerprint density at radius 1 is 1.12 bits per heavy atom. The summed E-state index contributed by atoms with van der Waals surface area (Å²) in [6, 6.07) is 0. The smallest absolute Gasteiger partial charge is 0.312 e. The van der Waals surface area contributed by atoms with Gasteiger partial charge in [0.2, 0.25) is 0 Å². The van der Waals surface area contributed by atoms with Gasteiger partial charge in [-0.3, -0.25) is 14.4 Å². The highest BCUT2D eigenvalue weighted by molar-refractivity contribution is 5.81. The summed E-state index contributed by atoms with van der Waals surface area (Å²) in [6.07, 6.45) is -0.331. The summed E-state index contributed by atoms with van der Waals surface area (Å²) in [5, 5.41) is 31.1. The Kier molecular flexibility index (Phi) is 4.24. The maximum Gasteiger partial charge on any atom is 0.312 e. The summed E-state index contributed by atoms with van der Waals surface area (Å²) in [7, 11) is 0. The standard InChI is InChI=1S/C17H26O7/c1-8-6-10(24-9(2)18)12-15(3,4)7-16(5,14(21)22)17(12,23)11(8)13(19)20/h8,10-12,23H,6-7H2,1-5H3,(H,19,20)(H,21,22)/t8-,10+,11-,12+,16-,17-/m1/s1. The highest BCUT2D eigenvalue weighted by atomic mass is 16.5. The van der Waals surface area contributed by atoms with E-state index in [1.54, 1.807) is 20.8 Å². The van der Waals surface area contributed by atoms with Crippen LogP contribution < -0.4 is 0 Å². The number of hydrogen-bond donors (Lipinski definition) is 3. The van der Waals surface area contributed by atoms with Gasteiger partial charge in [-0.2, -0.15) is 0 Å². The number of carboxylic acids is 2. The quantitative estimate of drug-likeness (QED) is 0.665. The van der Waals surface area contributed by atoms with E-state index in [1.807, 2.05) is 0 Å². The first kappa shape index (κ1) is 18.7. The van der Waals surface area contributed by atoms with E-state index in [4.69, 9.17) is 4.74 Å². The van der Waals surface area contributed by atoms with Crippen molar-refractivity contribution >= 4 is 17.9 Å². The molecule has 0 aliphatic heterocycles. The molecule has 2 saturated carbocycles. The number of carbonyl (C=O) groups is 3. The second kappa shape index (κ2) is 5.44. The fraction of sp³-hybridized carbons (Fsp3) is 0.824. The molecule has 0 heterocycles. The van der Waals surface area contributed by atoms with Gasteiger partial charge in [-0.05, 0) is 31.1 Å². The molecule has 2 aliphatic carbocycles. The van der Waals surface area contributed by atoms with E-state index in [0.717, 1.165) is 0 Å². The third-order valence-electron chi connectivity index (χ3n) is 6.08. The third-order valence-corrected chi connectivity index (χ3v) is 6.08.